The molecule has 2 amide bonds. The molecule has 0 spiro atoms. The van der Waals surface area contributed by atoms with E-state index in [0.717, 1.165) is 17.8 Å². The summed E-state index contributed by atoms with van der Waals surface area (Å²) >= 11 is 0. The number of benzene rings is 2. The number of halogens is 3. The third-order valence-corrected chi connectivity index (χ3v) is 5.35. The van der Waals surface area contributed by atoms with Gasteiger partial charge in [0.2, 0.25) is 0 Å². The molecule has 0 N–H and O–H groups in total. The van der Waals surface area contributed by atoms with Gasteiger partial charge in [0.05, 0.1) is 5.56 Å². The highest BCUT2D eigenvalue weighted by Crippen LogP contribution is 2.19. The van der Waals surface area contributed by atoms with Gasteiger partial charge < -0.3 is 14.4 Å². The van der Waals surface area contributed by atoms with E-state index < -0.39 is 28.9 Å². The van der Waals surface area contributed by atoms with Crippen LogP contribution in [0.4, 0.5) is 13.2 Å². The van der Waals surface area contributed by atoms with Gasteiger partial charge in [0.1, 0.15) is 0 Å². The van der Waals surface area contributed by atoms with Crippen LogP contribution in [0.5, 0.6) is 0 Å². The van der Waals surface area contributed by atoms with Crippen molar-refractivity contribution in [3.63, 3.8) is 0 Å². The summed E-state index contributed by atoms with van der Waals surface area (Å²) in [7, 11) is 0. The van der Waals surface area contributed by atoms with Crippen molar-refractivity contribution in [1.29, 1.82) is 0 Å². The quantitative estimate of drug-likeness (QED) is 0.596. The van der Waals surface area contributed by atoms with Gasteiger partial charge in [-0.2, -0.15) is 0 Å². The Bertz CT molecular complexity index is 1100. The normalized spacial score (nSPS) is 14.4. The summed E-state index contributed by atoms with van der Waals surface area (Å²) in [6, 6.07) is 12.7. The maximum Gasteiger partial charge on any atom is 0.257 e. The third-order valence-electron chi connectivity index (χ3n) is 5.35. The molecule has 2 heterocycles. The maximum absolute atomic E-state index is 14.0. The molecule has 31 heavy (non-hydrogen) atoms. The minimum absolute atomic E-state index is 0.160. The van der Waals surface area contributed by atoms with Gasteiger partial charge in [-0.15, -0.1) is 0 Å². The Balaban J connectivity index is 1.43. The van der Waals surface area contributed by atoms with Crippen LogP contribution in [0.2, 0.25) is 0 Å². The lowest BCUT2D eigenvalue weighted by Gasteiger charge is -2.22. The fourth-order valence-corrected chi connectivity index (χ4v) is 3.65. The number of carbonyl (C=O) groups excluding carboxylic acids is 2. The minimum atomic E-state index is -1.67. The zero-order chi connectivity index (χ0) is 22.0. The first-order chi connectivity index (χ1) is 15.0. The first-order valence-corrected chi connectivity index (χ1v) is 9.91. The average molecular weight is 427 g/mol. The molecule has 0 bridgehead atoms. The van der Waals surface area contributed by atoms with Crippen LogP contribution in [0.1, 0.15) is 27.1 Å². The lowest BCUT2D eigenvalue weighted by atomic mass is 10.1. The van der Waals surface area contributed by atoms with Gasteiger partial charge in [-0.25, -0.2) is 13.2 Å². The van der Waals surface area contributed by atoms with Crippen molar-refractivity contribution in [3.8, 4) is 5.69 Å². The molecule has 1 aliphatic heterocycles. The highest BCUT2D eigenvalue weighted by atomic mass is 19.2. The standard InChI is InChI=1S/C23H20F3N3O2/c24-19-9-8-18(20(25)21(19)26)23(31)29-13-3-12-28(14-15-29)22(30)16-4-6-17(7-5-16)27-10-1-2-11-27/h1-2,4-11H,3,12-15H2. The number of carbonyl (C=O) groups is 2. The molecule has 4 rings (SSSR count). The molecule has 0 atom stereocenters. The molecule has 0 radical (unpaired) electrons. The van der Waals surface area contributed by atoms with Crippen molar-refractivity contribution >= 4 is 11.8 Å². The third kappa shape index (κ3) is 4.19. The topological polar surface area (TPSA) is 45.6 Å². The highest BCUT2D eigenvalue weighted by molar-refractivity contribution is 5.95. The Morgan fingerprint density at radius 1 is 0.710 bits per heavy atom. The Kier molecular flexibility index (Phi) is 5.79. The Hall–Kier alpha value is -3.55. The summed E-state index contributed by atoms with van der Waals surface area (Å²) in [6.45, 7) is 1.15. The zero-order valence-electron chi connectivity index (χ0n) is 16.6. The van der Waals surface area contributed by atoms with E-state index in [0.29, 0.717) is 18.5 Å². The number of hydrogen-bond acceptors (Lipinski definition) is 2. The van der Waals surface area contributed by atoms with E-state index in [-0.39, 0.29) is 25.5 Å². The molecule has 1 saturated heterocycles. The molecule has 0 aliphatic carbocycles. The van der Waals surface area contributed by atoms with Crippen molar-refractivity contribution in [1.82, 2.24) is 14.4 Å². The van der Waals surface area contributed by atoms with Crippen molar-refractivity contribution in [2.75, 3.05) is 26.2 Å². The van der Waals surface area contributed by atoms with Crippen LogP contribution in [0.15, 0.2) is 60.9 Å². The molecule has 1 fully saturated rings. The average Bonchev–Trinajstić information content (AvgIpc) is 3.21. The molecule has 8 heteroatoms. The number of rotatable bonds is 3. The molecule has 1 aliphatic rings. The van der Waals surface area contributed by atoms with Crippen molar-refractivity contribution in [3.05, 3.63) is 89.5 Å². The summed E-state index contributed by atoms with van der Waals surface area (Å²) in [5.74, 6) is -5.38. The molecule has 0 saturated carbocycles. The minimum Gasteiger partial charge on any atom is -0.337 e. The van der Waals surface area contributed by atoms with Crippen molar-refractivity contribution in [2.45, 2.75) is 6.42 Å². The van der Waals surface area contributed by atoms with E-state index in [2.05, 4.69) is 0 Å². The van der Waals surface area contributed by atoms with Crippen LogP contribution in [-0.2, 0) is 0 Å². The van der Waals surface area contributed by atoms with Gasteiger partial charge >= 0.3 is 0 Å². The number of hydrogen-bond donors (Lipinski definition) is 0. The van der Waals surface area contributed by atoms with Crippen LogP contribution in [0, 0.1) is 17.5 Å². The predicted molar refractivity (Wildman–Crippen MR) is 109 cm³/mol. The zero-order valence-corrected chi connectivity index (χ0v) is 16.6. The molecule has 5 nitrogen and oxygen atoms in total. The Morgan fingerprint density at radius 2 is 1.32 bits per heavy atom. The van der Waals surface area contributed by atoms with Crippen LogP contribution in [-0.4, -0.2) is 52.4 Å². The van der Waals surface area contributed by atoms with E-state index >= 15 is 0 Å². The van der Waals surface area contributed by atoms with E-state index in [1.165, 1.54) is 4.90 Å². The van der Waals surface area contributed by atoms with Crippen LogP contribution in [0.3, 0.4) is 0 Å². The van der Waals surface area contributed by atoms with E-state index in [1.807, 2.05) is 41.2 Å². The van der Waals surface area contributed by atoms with E-state index in [1.54, 1.807) is 17.0 Å². The van der Waals surface area contributed by atoms with Gasteiger partial charge in [-0.1, -0.05) is 0 Å². The largest absolute Gasteiger partial charge is 0.337 e. The van der Waals surface area contributed by atoms with Crippen molar-refractivity contribution in [2.24, 2.45) is 0 Å². The lowest BCUT2D eigenvalue weighted by molar-refractivity contribution is 0.0715. The molecule has 2 aromatic carbocycles. The Morgan fingerprint density at radius 3 is 1.97 bits per heavy atom. The summed E-state index contributed by atoms with van der Waals surface area (Å²) in [5, 5.41) is 0. The van der Waals surface area contributed by atoms with Gasteiger partial charge in [0, 0.05) is 49.8 Å². The number of amides is 2. The molecule has 0 unspecified atom stereocenters. The summed E-state index contributed by atoms with van der Waals surface area (Å²) in [4.78, 5) is 28.5. The molecular formula is C23H20F3N3O2. The first-order valence-electron chi connectivity index (χ1n) is 9.91. The van der Waals surface area contributed by atoms with Gasteiger partial charge in [-0.05, 0) is 55.0 Å². The van der Waals surface area contributed by atoms with Crippen LogP contribution >= 0.6 is 0 Å². The van der Waals surface area contributed by atoms with E-state index in [9.17, 15) is 22.8 Å². The second-order valence-corrected chi connectivity index (χ2v) is 7.30. The van der Waals surface area contributed by atoms with Crippen LogP contribution < -0.4 is 0 Å². The fourth-order valence-electron chi connectivity index (χ4n) is 3.65. The molecule has 160 valence electrons. The fraction of sp³-hybridized carbons (Fsp3) is 0.217. The molecular weight excluding hydrogens is 407 g/mol. The second kappa shape index (κ2) is 8.67. The SMILES string of the molecule is O=C(c1ccc(-n2cccc2)cc1)N1CCCN(C(=O)c2ccc(F)c(F)c2F)CC1. The second-order valence-electron chi connectivity index (χ2n) is 7.30. The van der Waals surface area contributed by atoms with Crippen LogP contribution in [0.25, 0.3) is 5.69 Å². The number of aromatic nitrogens is 1. The van der Waals surface area contributed by atoms with Gasteiger partial charge in [0.15, 0.2) is 17.5 Å². The Labute approximate surface area is 177 Å². The lowest BCUT2D eigenvalue weighted by Crippen LogP contribution is -2.37. The van der Waals surface area contributed by atoms with Gasteiger partial charge in [-0.3, -0.25) is 9.59 Å². The molecule has 1 aromatic heterocycles. The maximum atomic E-state index is 14.0. The summed E-state index contributed by atoms with van der Waals surface area (Å²) in [5.41, 5.74) is 0.948. The van der Waals surface area contributed by atoms with Gasteiger partial charge in [0.25, 0.3) is 11.8 Å². The summed E-state index contributed by atoms with van der Waals surface area (Å²) < 4.78 is 42.6. The van der Waals surface area contributed by atoms with Crippen molar-refractivity contribution < 1.29 is 22.8 Å². The molecule has 3 aromatic rings. The predicted octanol–water partition coefficient (Wildman–Crippen LogP) is 3.88. The summed E-state index contributed by atoms with van der Waals surface area (Å²) in [6.07, 6.45) is 4.31. The number of nitrogens with zero attached hydrogens (tertiary/aromatic N) is 3. The monoisotopic (exact) mass is 427 g/mol. The smallest absolute Gasteiger partial charge is 0.257 e. The van der Waals surface area contributed by atoms with E-state index in [4.69, 9.17) is 0 Å². The first kappa shape index (κ1) is 20.7. The highest BCUT2D eigenvalue weighted by Gasteiger charge is 2.26.